The summed E-state index contributed by atoms with van der Waals surface area (Å²) in [5, 5.41) is 11.8. The van der Waals surface area contributed by atoms with Crippen LogP contribution < -0.4 is 10.1 Å². The molecule has 0 aliphatic carbocycles. The molecule has 1 amide bonds. The van der Waals surface area contributed by atoms with Gasteiger partial charge in [0.05, 0.1) is 18.4 Å². The molecule has 0 aliphatic heterocycles. The van der Waals surface area contributed by atoms with E-state index in [0.717, 1.165) is 14.9 Å². The van der Waals surface area contributed by atoms with Crippen LogP contribution in [-0.2, 0) is 4.79 Å². The van der Waals surface area contributed by atoms with Gasteiger partial charge in [-0.05, 0) is 64.6 Å². The maximum absolute atomic E-state index is 12.0. The summed E-state index contributed by atoms with van der Waals surface area (Å²) in [6, 6.07) is 12.0. The highest BCUT2D eigenvalue weighted by Crippen LogP contribution is 2.19. The Kier molecular flexibility index (Phi) is 5.75. The summed E-state index contributed by atoms with van der Waals surface area (Å²) in [4.78, 5) is 23.2. The number of hydrogen-bond donors (Lipinski definition) is 2. The molecule has 0 fully saturated rings. The maximum Gasteiger partial charge on any atom is 0.337 e. The number of anilines is 1. The van der Waals surface area contributed by atoms with E-state index < -0.39 is 11.9 Å². The zero-order valence-corrected chi connectivity index (χ0v) is 14.4. The zero-order valence-electron chi connectivity index (χ0n) is 12.2. The van der Waals surface area contributed by atoms with Crippen LogP contribution in [-0.4, -0.2) is 24.1 Å². The molecule has 6 heteroatoms. The van der Waals surface area contributed by atoms with E-state index in [4.69, 9.17) is 4.74 Å². The standard InChI is InChI=1S/C17H14INO4/c1-23-13-6-2-11(3-7-13)4-9-16(20)19-15-8-5-12(18)10-14(15)17(21)22/h2-10H,1H3,(H,19,20)(H,21,22)/b9-4+. The molecule has 0 saturated heterocycles. The van der Waals surface area contributed by atoms with E-state index in [-0.39, 0.29) is 11.3 Å². The van der Waals surface area contributed by atoms with Gasteiger partial charge in [0.1, 0.15) is 5.75 Å². The summed E-state index contributed by atoms with van der Waals surface area (Å²) in [5.74, 6) is -0.751. The third-order valence-electron chi connectivity index (χ3n) is 3.01. The van der Waals surface area contributed by atoms with Crippen molar-refractivity contribution in [2.75, 3.05) is 12.4 Å². The number of aromatic carboxylic acids is 1. The van der Waals surface area contributed by atoms with Crippen molar-refractivity contribution in [3.8, 4) is 5.75 Å². The number of hydrogen-bond acceptors (Lipinski definition) is 3. The summed E-state index contributed by atoms with van der Waals surface area (Å²) < 4.78 is 5.84. The molecular weight excluding hydrogens is 409 g/mol. The third-order valence-corrected chi connectivity index (χ3v) is 3.68. The summed E-state index contributed by atoms with van der Waals surface area (Å²) in [6.07, 6.45) is 2.99. The van der Waals surface area contributed by atoms with E-state index in [1.54, 1.807) is 37.5 Å². The van der Waals surface area contributed by atoms with E-state index in [1.807, 2.05) is 34.7 Å². The van der Waals surface area contributed by atoms with E-state index >= 15 is 0 Å². The number of methoxy groups -OCH3 is 1. The lowest BCUT2D eigenvalue weighted by atomic mass is 10.1. The van der Waals surface area contributed by atoms with Crippen LogP contribution in [0.15, 0.2) is 48.5 Å². The van der Waals surface area contributed by atoms with Crippen LogP contribution in [0.2, 0.25) is 0 Å². The fourth-order valence-electron chi connectivity index (χ4n) is 1.86. The molecule has 0 radical (unpaired) electrons. The normalized spacial score (nSPS) is 10.5. The molecule has 0 aliphatic rings. The van der Waals surface area contributed by atoms with Gasteiger partial charge < -0.3 is 15.2 Å². The number of amides is 1. The van der Waals surface area contributed by atoms with Gasteiger partial charge in [0, 0.05) is 9.65 Å². The molecule has 0 heterocycles. The number of rotatable bonds is 5. The molecule has 0 unspecified atom stereocenters. The highest BCUT2D eigenvalue weighted by atomic mass is 127. The average molecular weight is 423 g/mol. The Morgan fingerprint density at radius 3 is 2.48 bits per heavy atom. The second-order valence-corrected chi connectivity index (χ2v) is 5.84. The second kappa shape index (κ2) is 7.77. The van der Waals surface area contributed by atoms with Gasteiger partial charge in [0.2, 0.25) is 5.91 Å². The van der Waals surface area contributed by atoms with Crippen molar-refractivity contribution >= 4 is 46.2 Å². The monoisotopic (exact) mass is 423 g/mol. The highest BCUT2D eigenvalue weighted by molar-refractivity contribution is 14.1. The minimum atomic E-state index is -1.09. The van der Waals surface area contributed by atoms with Crippen molar-refractivity contribution in [2.24, 2.45) is 0 Å². The Morgan fingerprint density at radius 1 is 1.17 bits per heavy atom. The lowest BCUT2D eigenvalue weighted by Crippen LogP contribution is -2.12. The number of ether oxygens (including phenoxy) is 1. The minimum Gasteiger partial charge on any atom is -0.497 e. The average Bonchev–Trinajstić information content (AvgIpc) is 2.55. The van der Waals surface area contributed by atoms with Gasteiger partial charge in [0.15, 0.2) is 0 Å². The van der Waals surface area contributed by atoms with Crippen molar-refractivity contribution in [2.45, 2.75) is 0 Å². The number of benzene rings is 2. The summed E-state index contributed by atoms with van der Waals surface area (Å²) in [7, 11) is 1.58. The van der Waals surface area contributed by atoms with Crippen LogP contribution >= 0.6 is 22.6 Å². The van der Waals surface area contributed by atoms with Crippen molar-refractivity contribution in [3.63, 3.8) is 0 Å². The third kappa shape index (κ3) is 4.82. The van der Waals surface area contributed by atoms with Crippen LogP contribution in [0.5, 0.6) is 5.75 Å². The van der Waals surface area contributed by atoms with E-state index in [0.29, 0.717) is 0 Å². The van der Waals surface area contributed by atoms with Crippen LogP contribution in [0.1, 0.15) is 15.9 Å². The number of carboxylic acids is 1. The van der Waals surface area contributed by atoms with E-state index in [1.165, 1.54) is 12.1 Å². The Bertz CT molecular complexity index is 754. The largest absolute Gasteiger partial charge is 0.497 e. The first-order chi connectivity index (χ1) is 11.0. The number of carbonyl (C=O) groups excluding carboxylic acids is 1. The summed E-state index contributed by atoms with van der Waals surface area (Å²) in [6.45, 7) is 0. The van der Waals surface area contributed by atoms with Crippen molar-refractivity contribution in [1.82, 2.24) is 0 Å². The Labute approximate surface area is 147 Å². The molecule has 0 saturated carbocycles. The number of halogens is 1. The van der Waals surface area contributed by atoms with Crippen LogP contribution in [0.4, 0.5) is 5.69 Å². The molecule has 23 heavy (non-hydrogen) atoms. The Morgan fingerprint density at radius 2 is 1.87 bits per heavy atom. The van der Waals surface area contributed by atoms with Gasteiger partial charge >= 0.3 is 5.97 Å². The quantitative estimate of drug-likeness (QED) is 0.569. The first kappa shape index (κ1) is 17.0. The molecule has 0 aromatic heterocycles. The van der Waals surface area contributed by atoms with Crippen LogP contribution in [0, 0.1) is 3.57 Å². The van der Waals surface area contributed by atoms with E-state index in [9.17, 15) is 14.7 Å². The molecule has 2 rings (SSSR count). The predicted molar refractivity (Wildman–Crippen MR) is 96.8 cm³/mol. The van der Waals surface area contributed by atoms with Gasteiger partial charge in [-0.15, -0.1) is 0 Å². The Hall–Kier alpha value is -2.35. The second-order valence-electron chi connectivity index (χ2n) is 4.59. The molecule has 118 valence electrons. The van der Waals surface area contributed by atoms with Crippen LogP contribution in [0.25, 0.3) is 6.08 Å². The molecule has 2 aromatic rings. The van der Waals surface area contributed by atoms with Gasteiger partial charge in [-0.3, -0.25) is 4.79 Å². The molecule has 0 atom stereocenters. The molecule has 2 N–H and O–H groups in total. The molecule has 0 bridgehead atoms. The van der Waals surface area contributed by atoms with Gasteiger partial charge in [-0.1, -0.05) is 12.1 Å². The highest BCUT2D eigenvalue weighted by Gasteiger charge is 2.11. The van der Waals surface area contributed by atoms with Gasteiger partial charge in [-0.25, -0.2) is 4.79 Å². The van der Waals surface area contributed by atoms with E-state index in [2.05, 4.69) is 5.32 Å². The first-order valence-electron chi connectivity index (χ1n) is 6.65. The lowest BCUT2D eigenvalue weighted by molar-refractivity contribution is -0.111. The fraction of sp³-hybridized carbons (Fsp3) is 0.0588. The topological polar surface area (TPSA) is 75.6 Å². The summed E-state index contributed by atoms with van der Waals surface area (Å²) in [5.41, 5.74) is 1.16. The van der Waals surface area contributed by atoms with Gasteiger partial charge in [0.25, 0.3) is 0 Å². The minimum absolute atomic E-state index is 0.0584. The first-order valence-corrected chi connectivity index (χ1v) is 7.73. The molecular formula is C17H14INO4. The smallest absolute Gasteiger partial charge is 0.337 e. The van der Waals surface area contributed by atoms with Crippen molar-refractivity contribution in [1.29, 1.82) is 0 Å². The fourth-order valence-corrected chi connectivity index (χ4v) is 2.35. The molecule has 0 spiro atoms. The number of carbonyl (C=O) groups is 2. The predicted octanol–water partition coefficient (Wildman–Crippen LogP) is 3.65. The summed E-state index contributed by atoms with van der Waals surface area (Å²) >= 11 is 2.02. The number of carboxylic acid groups (broad SMARTS) is 1. The SMILES string of the molecule is COc1ccc(/C=C/C(=O)Nc2ccc(I)cc2C(=O)O)cc1. The molecule has 5 nitrogen and oxygen atoms in total. The van der Waals surface area contributed by atoms with Gasteiger partial charge in [-0.2, -0.15) is 0 Å². The Balaban J connectivity index is 2.10. The number of nitrogens with one attached hydrogen (secondary N) is 1. The van der Waals surface area contributed by atoms with Crippen molar-refractivity contribution in [3.05, 3.63) is 63.2 Å². The zero-order chi connectivity index (χ0) is 16.8. The van der Waals surface area contributed by atoms with Crippen molar-refractivity contribution < 1.29 is 19.4 Å². The van der Waals surface area contributed by atoms with Crippen LogP contribution in [0.3, 0.4) is 0 Å². The maximum atomic E-state index is 12.0. The molecule has 2 aromatic carbocycles. The lowest BCUT2D eigenvalue weighted by Gasteiger charge is -2.07.